The number of aryl methyl sites for hydroxylation is 1. The molecule has 0 atom stereocenters. The fourth-order valence-electron chi connectivity index (χ4n) is 8.50. The van der Waals surface area contributed by atoms with Crippen LogP contribution < -0.4 is 4.90 Å². The highest BCUT2D eigenvalue weighted by Gasteiger charge is 2.37. The molecule has 0 aliphatic heterocycles. The highest BCUT2D eigenvalue weighted by molar-refractivity contribution is 5.99. The third kappa shape index (κ3) is 4.17. The molecule has 0 amide bonds. The van der Waals surface area contributed by atoms with E-state index in [4.69, 9.17) is 0 Å². The minimum absolute atomic E-state index is 0.0211. The molecule has 2 aliphatic carbocycles. The van der Waals surface area contributed by atoms with Gasteiger partial charge in [0.25, 0.3) is 0 Å². The van der Waals surface area contributed by atoms with Gasteiger partial charge in [0.1, 0.15) is 0 Å². The van der Waals surface area contributed by atoms with Crippen molar-refractivity contribution in [1.29, 1.82) is 0 Å². The van der Waals surface area contributed by atoms with Crippen LogP contribution in [0.25, 0.3) is 44.2 Å². The Morgan fingerprint density at radius 1 is 0.417 bits per heavy atom. The van der Waals surface area contributed by atoms with Crippen molar-refractivity contribution in [2.45, 2.75) is 45.4 Å². The predicted molar refractivity (Wildman–Crippen MR) is 204 cm³/mol. The van der Waals surface area contributed by atoms with E-state index in [-0.39, 0.29) is 10.8 Å². The summed E-state index contributed by atoms with van der Waals surface area (Å²) < 4.78 is 0. The summed E-state index contributed by atoms with van der Waals surface area (Å²) in [7, 11) is 0. The first-order chi connectivity index (χ1) is 23.2. The lowest BCUT2D eigenvalue weighted by Gasteiger charge is -2.29. The Bertz CT molecular complexity index is 2400. The van der Waals surface area contributed by atoms with Crippen molar-refractivity contribution in [3.63, 3.8) is 0 Å². The molecule has 0 radical (unpaired) electrons. The molecule has 0 bridgehead atoms. The average molecular weight is 618 g/mol. The SMILES string of the molecule is Cc1ccc2c(c1)C(C)(C)c1cc(N(c3ccc(-c4ccc5c(c4)C(C)(C)c4ccccc4-5)cc3)c3cccc4ccccc34)ccc1-2. The van der Waals surface area contributed by atoms with Crippen LogP contribution in [0, 0.1) is 6.92 Å². The van der Waals surface area contributed by atoms with Gasteiger partial charge in [-0.05, 0) is 104 Å². The molecular weight excluding hydrogens is 579 g/mol. The summed E-state index contributed by atoms with van der Waals surface area (Å²) in [6.07, 6.45) is 0. The monoisotopic (exact) mass is 617 g/mol. The van der Waals surface area contributed by atoms with Crippen LogP contribution in [-0.4, -0.2) is 0 Å². The molecule has 7 aromatic carbocycles. The van der Waals surface area contributed by atoms with E-state index in [9.17, 15) is 0 Å². The second-order valence-electron chi connectivity index (χ2n) is 14.7. The van der Waals surface area contributed by atoms with Crippen molar-refractivity contribution < 1.29 is 0 Å². The normalized spacial score (nSPS) is 14.7. The highest BCUT2D eigenvalue weighted by atomic mass is 15.1. The second-order valence-corrected chi connectivity index (χ2v) is 14.7. The zero-order chi connectivity index (χ0) is 32.8. The molecule has 0 saturated carbocycles. The number of rotatable bonds is 4. The van der Waals surface area contributed by atoms with Gasteiger partial charge in [-0.25, -0.2) is 0 Å². The van der Waals surface area contributed by atoms with Crippen LogP contribution in [0.5, 0.6) is 0 Å². The first-order valence-electron chi connectivity index (χ1n) is 17.1. The van der Waals surface area contributed by atoms with E-state index in [0.29, 0.717) is 0 Å². The Balaban J connectivity index is 1.17. The standard InChI is InChI=1S/C47H39N/c1-30-17-24-38-40-26-23-35(29-44(40)47(4,5)42(38)27-30)48(45-16-10-12-32-11-6-7-13-36(32)45)34-21-18-31(19-22-34)33-20-25-39-37-14-8-9-15-41(37)46(2,3)43(39)28-33/h6-29H,1-5H3. The van der Waals surface area contributed by atoms with Crippen molar-refractivity contribution in [3.05, 3.63) is 173 Å². The van der Waals surface area contributed by atoms with Crippen LogP contribution in [0.3, 0.4) is 0 Å². The predicted octanol–water partition coefficient (Wildman–Crippen LogP) is 12.9. The minimum Gasteiger partial charge on any atom is -0.310 e. The second kappa shape index (κ2) is 10.3. The lowest BCUT2D eigenvalue weighted by atomic mass is 9.81. The maximum atomic E-state index is 2.44. The van der Waals surface area contributed by atoms with Crippen LogP contribution in [-0.2, 0) is 10.8 Å². The van der Waals surface area contributed by atoms with E-state index in [1.54, 1.807) is 0 Å². The van der Waals surface area contributed by atoms with E-state index in [2.05, 4.69) is 185 Å². The Morgan fingerprint density at radius 2 is 0.979 bits per heavy atom. The first kappa shape index (κ1) is 28.8. The largest absolute Gasteiger partial charge is 0.310 e. The zero-order valence-electron chi connectivity index (χ0n) is 28.3. The van der Waals surface area contributed by atoms with Gasteiger partial charge in [0.15, 0.2) is 0 Å². The van der Waals surface area contributed by atoms with E-state index in [1.807, 2.05) is 0 Å². The zero-order valence-corrected chi connectivity index (χ0v) is 28.3. The van der Waals surface area contributed by atoms with Crippen molar-refractivity contribution in [3.8, 4) is 33.4 Å². The van der Waals surface area contributed by atoms with E-state index >= 15 is 0 Å². The molecule has 48 heavy (non-hydrogen) atoms. The van der Waals surface area contributed by atoms with Gasteiger partial charge in [-0.3, -0.25) is 0 Å². The molecule has 0 saturated heterocycles. The lowest BCUT2D eigenvalue weighted by molar-refractivity contribution is 0.660. The van der Waals surface area contributed by atoms with Crippen LogP contribution in [0.2, 0.25) is 0 Å². The molecule has 232 valence electrons. The average Bonchev–Trinajstić information content (AvgIpc) is 3.47. The molecule has 7 aromatic rings. The number of nitrogens with zero attached hydrogens (tertiary/aromatic N) is 1. The van der Waals surface area contributed by atoms with Gasteiger partial charge in [-0.1, -0.05) is 142 Å². The molecule has 2 aliphatic rings. The van der Waals surface area contributed by atoms with E-state index < -0.39 is 0 Å². The van der Waals surface area contributed by atoms with Crippen LogP contribution in [0.15, 0.2) is 146 Å². The Kier molecular flexibility index (Phi) is 6.18. The third-order valence-electron chi connectivity index (χ3n) is 11.1. The van der Waals surface area contributed by atoms with Gasteiger partial charge in [-0.2, -0.15) is 0 Å². The van der Waals surface area contributed by atoms with Crippen molar-refractivity contribution in [1.82, 2.24) is 0 Å². The summed E-state index contributed by atoms with van der Waals surface area (Å²) in [5, 5.41) is 2.48. The molecule has 9 rings (SSSR count). The maximum Gasteiger partial charge on any atom is 0.0540 e. The molecule has 0 fully saturated rings. The Hall–Kier alpha value is -5.40. The molecule has 0 unspecified atom stereocenters. The van der Waals surface area contributed by atoms with Crippen LogP contribution in [0.4, 0.5) is 17.1 Å². The fraction of sp³-hybridized carbons (Fsp3) is 0.149. The fourth-order valence-corrected chi connectivity index (χ4v) is 8.50. The molecule has 0 heterocycles. The van der Waals surface area contributed by atoms with Crippen molar-refractivity contribution in [2.24, 2.45) is 0 Å². The molecule has 0 aromatic heterocycles. The number of hydrogen-bond acceptors (Lipinski definition) is 1. The summed E-state index contributed by atoms with van der Waals surface area (Å²) in [6.45, 7) is 11.6. The minimum atomic E-state index is -0.0814. The summed E-state index contributed by atoms with van der Waals surface area (Å²) >= 11 is 0. The summed E-state index contributed by atoms with van der Waals surface area (Å²) in [5.74, 6) is 0. The van der Waals surface area contributed by atoms with Gasteiger partial charge in [0.05, 0.1) is 5.69 Å². The van der Waals surface area contributed by atoms with Gasteiger partial charge in [0, 0.05) is 27.6 Å². The molecule has 1 heteroatoms. The Labute approximate surface area is 284 Å². The van der Waals surface area contributed by atoms with Gasteiger partial charge in [0.2, 0.25) is 0 Å². The molecule has 0 N–H and O–H groups in total. The van der Waals surface area contributed by atoms with E-state index in [1.165, 1.54) is 83.3 Å². The topological polar surface area (TPSA) is 3.24 Å². The summed E-state index contributed by atoms with van der Waals surface area (Å²) in [5.41, 5.74) is 18.2. The smallest absolute Gasteiger partial charge is 0.0540 e. The molecule has 1 nitrogen and oxygen atoms in total. The Morgan fingerprint density at radius 3 is 1.79 bits per heavy atom. The molecule has 0 spiro atoms. The van der Waals surface area contributed by atoms with Gasteiger partial charge >= 0.3 is 0 Å². The number of hydrogen-bond donors (Lipinski definition) is 0. The third-order valence-corrected chi connectivity index (χ3v) is 11.1. The first-order valence-corrected chi connectivity index (χ1v) is 17.1. The van der Waals surface area contributed by atoms with Crippen LogP contribution in [0.1, 0.15) is 55.5 Å². The number of benzene rings is 7. The van der Waals surface area contributed by atoms with Gasteiger partial charge < -0.3 is 4.90 Å². The lowest BCUT2D eigenvalue weighted by Crippen LogP contribution is -2.17. The van der Waals surface area contributed by atoms with Crippen molar-refractivity contribution >= 4 is 27.8 Å². The number of anilines is 3. The van der Waals surface area contributed by atoms with E-state index in [0.717, 1.165) is 5.69 Å². The summed E-state index contributed by atoms with van der Waals surface area (Å²) in [6, 6.07) is 54.4. The summed E-state index contributed by atoms with van der Waals surface area (Å²) in [4.78, 5) is 2.44. The highest BCUT2D eigenvalue weighted by Crippen LogP contribution is 2.52. The van der Waals surface area contributed by atoms with Gasteiger partial charge in [-0.15, -0.1) is 0 Å². The molecular formula is C47H39N. The quantitative estimate of drug-likeness (QED) is 0.190. The van der Waals surface area contributed by atoms with Crippen LogP contribution >= 0.6 is 0 Å². The van der Waals surface area contributed by atoms with Crippen molar-refractivity contribution in [2.75, 3.05) is 4.90 Å². The number of fused-ring (bicyclic) bond motifs is 7. The maximum absolute atomic E-state index is 2.44.